The van der Waals surface area contributed by atoms with Gasteiger partial charge in [-0.2, -0.15) is 4.31 Å². The number of anilines is 1. The Kier molecular flexibility index (Phi) is 5.91. The molecule has 2 aliphatic heterocycles. The molecule has 0 saturated carbocycles. The summed E-state index contributed by atoms with van der Waals surface area (Å²) in [5.41, 5.74) is 2.02. The average Bonchev–Trinajstić information content (AvgIpc) is 3.56. The topological polar surface area (TPSA) is 73.8 Å². The van der Waals surface area contributed by atoms with Crippen LogP contribution in [-0.4, -0.2) is 67.3 Å². The molecule has 2 fully saturated rings. The van der Waals surface area contributed by atoms with Crippen molar-refractivity contribution in [2.45, 2.75) is 30.0 Å². The number of amides is 1. The average molecular weight is 511 g/mol. The summed E-state index contributed by atoms with van der Waals surface area (Å²) in [5.74, 6) is -0.0922. The van der Waals surface area contributed by atoms with Crippen molar-refractivity contribution in [3.63, 3.8) is 0 Å². The summed E-state index contributed by atoms with van der Waals surface area (Å²) in [6.45, 7) is 4.83. The monoisotopic (exact) mass is 510 g/mol. The number of benzene rings is 1. The zero-order chi connectivity index (χ0) is 22.5. The second-order valence-electron chi connectivity index (χ2n) is 8.06. The van der Waals surface area contributed by atoms with Crippen molar-refractivity contribution in [3.8, 4) is 0 Å². The number of aryl methyl sites for hydroxylation is 1. The number of hydrogen-bond acceptors (Lipinski definition) is 7. The zero-order valence-corrected chi connectivity index (χ0v) is 20.7. The zero-order valence-electron chi connectivity index (χ0n) is 17.5. The van der Waals surface area contributed by atoms with E-state index in [9.17, 15) is 13.2 Å². The lowest BCUT2D eigenvalue weighted by Gasteiger charge is -2.37. The van der Waals surface area contributed by atoms with Gasteiger partial charge in [-0.3, -0.25) is 4.79 Å². The summed E-state index contributed by atoms with van der Waals surface area (Å²) in [6.07, 6.45) is 1.27. The molecule has 32 heavy (non-hydrogen) atoms. The van der Waals surface area contributed by atoms with E-state index in [0.717, 1.165) is 20.9 Å². The molecule has 3 aromatic rings. The van der Waals surface area contributed by atoms with E-state index in [1.54, 1.807) is 33.7 Å². The first kappa shape index (κ1) is 22.1. The molecule has 1 amide bonds. The number of thiazole rings is 1. The number of halogens is 1. The van der Waals surface area contributed by atoms with Gasteiger partial charge in [0.25, 0.3) is 10.0 Å². The summed E-state index contributed by atoms with van der Waals surface area (Å²) in [7, 11) is -3.63. The summed E-state index contributed by atoms with van der Waals surface area (Å²) >= 11 is 9.12. The van der Waals surface area contributed by atoms with Crippen LogP contribution in [0.15, 0.2) is 33.9 Å². The van der Waals surface area contributed by atoms with E-state index in [1.165, 1.54) is 15.6 Å². The molecule has 2 aliphatic rings. The van der Waals surface area contributed by atoms with Gasteiger partial charge < -0.3 is 9.80 Å². The Labute approximate surface area is 200 Å². The number of sulfonamides is 1. The predicted octanol–water partition coefficient (Wildman–Crippen LogP) is 3.82. The molecular formula is C21H23ClN4O3S3. The van der Waals surface area contributed by atoms with Gasteiger partial charge >= 0.3 is 0 Å². The second kappa shape index (κ2) is 8.57. The molecule has 1 unspecified atom stereocenters. The van der Waals surface area contributed by atoms with Gasteiger partial charge in [0, 0.05) is 32.7 Å². The Morgan fingerprint density at radius 2 is 1.94 bits per heavy atom. The van der Waals surface area contributed by atoms with Crippen molar-refractivity contribution >= 4 is 65.6 Å². The Morgan fingerprint density at radius 3 is 2.62 bits per heavy atom. The minimum atomic E-state index is -3.63. The van der Waals surface area contributed by atoms with E-state index < -0.39 is 16.1 Å². The summed E-state index contributed by atoms with van der Waals surface area (Å²) in [5, 5.41) is 3.36. The van der Waals surface area contributed by atoms with Crippen LogP contribution < -0.4 is 4.90 Å². The number of rotatable bonds is 4. The third-order valence-corrected chi connectivity index (χ3v) is 11.0. The standard InChI is InChI=1S/C21H23ClN4O3S3/c1-14-6-7-15(22)19-18(14)23-21(31-19)25-11-9-24(10-12-25)20(27)16-4-2-8-26(16)32(28,29)17-5-3-13-30-17/h3,5-7,13,16H,2,4,8-12H2,1H3. The van der Waals surface area contributed by atoms with Gasteiger partial charge in [0.05, 0.1) is 15.2 Å². The van der Waals surface area contributed by atoms with Gasteiger partial charge in [0.15, 0.2) is 5.13 Å². The molecule has 4 heterocycles. The summed E-state index contributed by atoms with van der Waals surface area (Å²) in [4.78, 5) is 22.0. The highest BCUT2D eigenvalue weighted by molar-refractivity contribution is 7.91. The minimum absolute atomic E-state index is 0.0922. The quantitative estimate of drug-likeness (QED) is 0.533. The number of nitrogens with zero attached hydrogens (tertiary/aromatic N) is 4. The molecule has 11 heteroatoms. The lowest BCUT2D eigenvalue weighted by Crippen LogP contribution is -2.54. The van der Waals surface area contributed by atoms with E-state index in [0.29, 0.717) is 54.8 Å². The SMILES string of the molecule is Cc1ccc(Cl)c2sc(N3CCN(C(=O)C4CCCN4S(=O)(=O)c4cccs4)CC3)nc12. The van der Waals surface area contributed by atoms with Gasteiger partial charge in [-0.25, -0.2) is 13.4 Å². The second-order valence-corrected chi connectivity index (χ2v) is 12.5. The van der Waals surface area contributed by atoms with Crippen LogP contribution in [0, 0.1) is 6.92 Å². The molecule has 0 spiro atoms. The number of carbonyl (C=O) groups is 1. The molecule has 5 rings (SSSR count). The van der Waals surface area contributed by atoms with E-state index >= 15 is 0 Å². The van der Waals surface area contributed by atoms with Gasteiger partial charge in [0.1, 0.15) is 10.3 Å². The van der Waals surface area contributed by atoms with Gasteiger partial charge in [0.2, 0.25) is 5.91 Å². The molecule has 170 valence electrons. The van der Waals surface area contributed by atoms with Crippen LogP contribution in [0.4, 0.5) is 5.13 Å². The summed E-state index contributed by atoms with van der Waals surface area (Å²) in [6, 6.07) is 6.58. The molecule has 0 radical (unpaired) electrons. The van der Waals surface area contributed by atoms with Crippen LogP contribution in [0.1, 0.15) is 18.4 Å². The number of thiophene rings is 1. The maximum absolute atomic E-state index is 13.3. The first-order valence-corrected chi connectivity index (χ1v) is 14.0. The van der Waals surface area contributed by atoms with E-state index in [1.807, 2.05) is 19.1 Å². The van der Waals surface area contributed by atoms with E-state index in [-0.39, 0.29) is 5.91 Å². The molecule has 0 bridgehead atoms. The maximum atomic E-state index is 13.3. The molecule has 0 N–H and O–H groups in total. The Balaban J connectivity index is 1.29. The Hall–Kier alpha value is -1.72. The summed E-state index contributed by atoms with van der Waals surface area (Å²) < 4.78 is 28.7. The van der Waals surface area contributed by atoms with E-state index in [2.05, 4.69) is 4.90 Å². The Morgan fingerprint density at radius 1 is 1.16 bits per heavy atom. The molecule has 2 saturated heterocycles. The van der Waals surface area contributed by atoms with Crippen LogP contribution in [0.25, 0.3) is 10.2 Å². The Bertz CT molecular complexity index is 1210. The van der Waals surface area contributed by atoms with Gasteiger partial charge in [-0.15, -0.1) is 11.3 Å². The van der Waals surface area contributed by atoms with Crippen molar-refractivity contribution in [3.05, 3.63) is 40.2 Å². The number of carbonyl (C=O) groups excluding carboxylic acids is 1. The maximum Gasteiger partial charge on any atom is 0.253 e. The fourth-order valence-electron chi connectivity index (χ4n) is 4.36. The molecular weight excluding hydrogens is 488 g/mol. The number of hydrogen-bond donors (Lipinski definition) is 0. The van der Waals surface area contributed by atoms with Gasteiger partial charge in [-0.05, 0) is 42.8 Å². The smallest absolute Gasteiger partial charge is 0.253 e. The normalized spacial score (nSPS) is 20.4. The van der Waals surface area contributed by atoms with Crippen molar-refractivity contribution in [1.82, 2.24) is 14.2 Å². The number of fused-ring (bicyclic) bond motifs is 1. The molecule has 0 aliphatic carbocycles. The van der Waals surface area contributed by atoms with Crippen molar-refractivity contribution in [2.24, 2.45) is 0 Å². The van der Waals surface area contributed by atoms with Crippen molar-refractivity contribution in [1.29, 1.82) is 0 Å². The van der Waals surface area contributed by atoms with Crippen LogP contribution in [0.3, 0.4) is 0 Å². The molecule has 1 aromatic carbocycles. The highest BCUT2D eigenvalue weighted by Gasteiger charge is 2.42. The molecule has 2 aromatic heterocycles. The predicted molar refractivity (Wildman–Crippen MR) is 129 cm³/mol. The fraction of sp³-hybridized carbons (Fsp3) is 0.429. The van der Waals surface area contributed by atoms with Crippen molar-refractivity contribution in [2.75, 3.05) is 37.6 Å². The number of aromatic nitrogens is 1. The fourth-order valence-corrected chi connectivity index (χ4v) is 8.49. The highest BCUT2D eigenvalue weighted by atomic mass is 35.5. The van der Waals surface area contributed by atoms with Crippen molar-refractivity contribution < 1.29 is 13.2 Å². The van der Waals surface area contributed by atoms with Crippen LogP contribution in [-0.2, 0) is 14.8 Å². The van der Waals surface area contributed by atoms with Crippen LogP contribution in [0.5, 0.6) is 0 Å². The highest BCUT2D eigenvalue weighted by Crippen LogP contribution is 2.36. The first-order valence-electron chi connectivity index (χ1n) is 10.5. The minimum Gasteiger partial charge on any atom is -0.345 e. The third-order valence-electron chi connectivity index (χ3n) is 6.09. The van der Waals surface area contributed by atoms with Crippen LogP contribution >= 0.6 is 34.3 Å². The van der Waals surface area contributed by atoms with Crippen LogP contribution in [0.2, 0.25) is 5.02 Å². The lowest BCUT2D eigenvalue weighted by molar-refractivity contribution is -0.134. The van der Waals surface area contributed by atoms with E-state index in [4.69, 9.17) is 16.6 Å². The first-order chi connectivity index (χ1) is 15.4. The largest absolute Gasteiger partial charge is 0.345 e. The number of piperazine rings is 1. The van der Waals surface area contributed by atoms with Gasteiger partial charge in [-0.1, -0.05) is 35.1 Å². The molecule has 7 nitrogen and oxygen atoms in total. The third kappa shape index (κ3) is 3.81. The molecule has 1 atom stereocenters. The lowest BCUT2D eigenvalue weighted by atomic mass is 10.2.